The number of carbonyl (C=O) groups excluding carboxylic acids is 1. The summed E-state index contributed by atoms with van der Waals surface area (Å²) in [5.41, 5.74) is 3.98. The molecule has 26 heavy (non-hydrogen) atoms. The Morgan fingerprint density at radius 3 is 2.77 bits per heavy atom. The zero-order valence-electron chi connectivity index (χ0n) is 15.6. The summed E-state index contributed by atoms with van der Waals surface area (Å²) in [5, 5.41) is 0. The fraction of sp³-hybridized carbons (Fsp3) is 0.318. The lowest BCUT2D eigenvalue weighted by Crippen LogP contribution is -2.32. The van der Waals surface area contributed by atoms with Gasteiger partial charge >= 0.3 is 0 Å². The Bertz CT molecular complexity index is 826. The Morgan fingerprint density at radius 1 is 1.19 bits per heavy atom. The van der Waals surface area contributed by atoms with E-state index in [1.54, 1.807) is 7.11 Å². The smallest absolute Gasteiger partial charge is 0.168 e. The van der Waals surface area contributed by atoms with Crippen LogP contribution in [0.4, 0.5) is 0 Å². The van der Waals surface area contributed by atoms with Crippen molar-refractivity contribution < 1.29 is 14.3 Å². The number of likely N-dealkylation sites (N-methyl/N-ethyl adjacent to an activating group) is 1. The van der Waals surface area contributed by atoms with Crippen LogP contribution < -0.4 is 9.47 Å². The fourth-order valence-corrected chi connectivity index (χ4v) is 3.14. The van der Waals surface area contributed by atoms with Gasteiger partial charge in [-0.3, -0.25) is 4.79 Å². The van der Waals surface area contributed by atoms with Gasteiger partial charge in [-0.25, -0.2) is 0 Å². The van der Waals surface area contributed by atoms with Crippen LogP contribution in [0.25, 0.3) is 6.08 Å². The summed E-state index contributed by atoms with van der Waals surface area (Å²) < 4.78 is 11.6. The predicted octanol–water partition coefficient (Wildman–Crippen LogP) is 3.87. The highest BCUT2D eigenvalue weighted by Crippen LogP contribution is 2.34. The number of methoxy groups -OCH3 is 1. The van der Waals surface area contributed by atoms with Crippen molar-refractivity contribution in [3.8, 4) is 11.5 Å². The zero-order chi connectivity index (χ0) is 18.5. The van der Waals surface area contributed by atoms with Gasteiger partial charge < -0.3 is 14.4 Å². The van der Waals surface area contributed by atoms with Crippen LogP contribution in [0.3, 0.4) is 0 Å². The number of aryl methyl sites for hydroxylation is 1. The predicted molar refractivity (Wildman–Crippen MR) is 104 cm³/mol. The van der Waals surface area contributed by atoms with Crippen LogP contribution >= 0.6 is 0 Å². The van der Waals surface area contributed by atoms with Gasteiger partial charge in [0.05, 0.1) is 7.11 Å². The Kier molecular flexibility index (Phi) is 5.74. The second-order valence-electron chi connectivity index (χ2n) is 6.74. The minimum Gasteiger partial charge on any atom is -0.493 e. The number of benzene rings is 2. The first-order valence-corrected chi connectivity index (χ1v) is 8.84. The molecule has 1 aliphatic rings. The maximum absolute atomic E-state index is 12.3. The molecule has 0 bridgehead atoms. The van der Waals surface area contributed by atoms with E-state index in [1.165, 1.54) is 5.56 Å². The van der Waals surface area contributed by atoms with Gasteiger partial charge in [-0.2, -0.15) is 0 Å². The number of nitrogens with zero attached hydrogens (tertiary/aromatic N) is 1. The molecule has 1 saturated heterocycles. The molecular formula is C22H25NO3. The number of ether oxygens (including phenoxy) is 2. The van der Waals surface area contributed by atoms with Gasteiger partial charge in [-0.1, -0.05) is 42.0 Å². The SMILES string of the molecule is COc1cccc(/C=C2\CN(C)CCC2=O)c1OCc1cccc(C)c1. The van der Waals surface area contributed by atoms with Crippen LogP contribution in [-0.2, 0) is 11.4 Å². The summed E-state index contributed by atoms with van der Waals surface area (Å²) in [6, 6.07) is 14.0. The van der Waals surface area contributed by atoms with Gasteiger partial charge in [0.15, 0.2) is 17.3 Å². The Balaban J connectivity index is 1.89. The first-order chi connectivity index (χ1) is 12.6. The molecule has 1 heterocycles. The number of hydrogen-bond acceptors (Lipinski definition) is 4. The molecule has 0 aliphatic carbocycles. The lowest BCUT2D eigenvalue weighted by atomic mass is 10.0. The van der Waals surface area contributed by atoms with Crippen molar-refractivity contribution in [3.63, 3.8) is 0 Å². The summed E-state index contributed by atoms with van der Waals surface area (Å²) in [6.07, 6.45) is 2.50. The van der Waals surface area contributed by atoms with E-state index in [1.807, 2.05) is 43.5 Å². The van der Waals surface area contributed by atoms with Crippen LogP contribution in [0.2, 0.25) is 0 Å². The number of ketones is 1. The van der Waals surface area contributed by atoms with E-state index in [2.05, 4.69) is 24.0 Å². The number of hydrogen-bond donors (Lipinski definition) is 0. The maximum atomic E-state index is 12.3. The van der Waals surface area contributed by atoms with Crippen LogP contribution in [0.5, 0.6) is 11.5 Å². The molecule has 2 aromatic rings. The Hall–Kier alpha value is -2.59. The van der Waals surface area contributed by atoms with Crippen LogP contribution in [0.15, 0.2) is 48.0 Å². The minimum absolute atomic E-state index is 0.204. The molecular weight excluding hydrogens is 326 g/mol. The monoisotopic (exact) mass is 351 g/mol. The van der Waals surface area contributed by atoms with Gasteiger partial charge in [0, 0.05) is 30.6 Å². The third kappa shape index (κ3) is 4.33. The van der Waals surface area contributed by atoms with Gasteiger partial charge in [-0.05, 0) is 31.7 Å². The maximum Gasteiger partial charge on any atom is 0.168 e. The molecule has 0 amide bonds. The number of Topliss-reactive ketones (excluding diaryl/α,β-unsaturated/α-hetero) is 1. The molecule has 0 spiro atoms. The molecule has 0 atom stereocenters. The molecule has 0 radical (unpaired) electrons. The molecule has 1 fully saturated rings. The second kappa shape index (κ2) is 8.19. The van der Waals surface area contributed by atoms with E-state index in [0.29, 0.717) is 31.1 Å². The van der Waals surface area contributed by atoms with Crippen LogP contribution in [0, 0.1) is 6.92 Å². The fourth-order valence-electron chi connectivity index (χ4n) is 3.14. The van der Waals surface area contributed by atoms with Gasteiger partial charge in [0.2, 0.25) is 0 Å². The van der Waals surface area contributed by atoms with E-state index < -0.39 is 0 Å². The van der Waals surface area contributed by atoms with E-state index >= 15 is 0 Å². The number of carbonyl (C=O) groups is 1. The zero-order valence-corrected chi connectivity index (χ0v) is 15.6. The van der Waals surface area contributed by atoms with Crippen molar-refractivity contribution in [1.29, 1.82) is 0 Å². The van der Waals surface area contributed by atoms with E-state index in [0.717, 1.165) is 23.2 Å². The van der Waals surface area contributed by atoms with Gasteiger partial charge in [-0.15, -0.1) is 0 Å². The largest absolute Gasteiger partial charge is 0.493 e. The molecule has 0 unspecified atom stereocenters. The number of para-hydroxylation sites is 1. The Morgan fingerprint density at radius 2 is 2.00 bits per heavy atom. The van der Waals surface area contributed by atoms with Crippen molar-refractivity contribution in [1.82, 2.24) is 4.90 Å². The standard InChI is InChI=1S/C22H25NO3/c1-16-6-4-7-17(12-16)15-26-22-18(8-5-9-21(22)25-3)13-19-14-23(2)11-10-20(19)24/h4-9,12-13H,10-11,14-15H2,1-3H3/b19-13+. The second-order valence-corrected chi connectivity index (χ2v) is 6.74. The normalized spacial score (nSPS) is 16.7. The average Bonchev–Trinajstić information content (AvgIpc) is 2.63. The molecule has 1 aliphatic heterocycles. The lowest BCUT2D eigenvalue weighted by Gasteiger charge is -2.23. The molecule has 136 valence electrons. The summed E-state index contributed by atoms with van der Waals surface area (Å²) >= 11 is 0. The first-order valence-electron chi connectivity index (χ1n) is 8.84. The van der Waals surface area contributed by atoms with E-state index in [-0.39, 0.29) is 5.78 Å². The third-order valence-electron chi connectivity index (χ3n) is 4.54. The highest BCUT2D eigenvalue weighted by Gasteiger charge is 2.20. The molecule has 2 aromatic carbocycles. The first kappa shape index (κ1) is 18.2. The molecule has 0 saturated carbocycles. The van der Waals surface area contributed by atoms with Crippen molar-refractivity contribution >= 4 is 11.9 Å². The van der Waals surface area contributed by atoms with Crippen molar-refractivity contribution in [2.24, 2.45) is 0 Å². The molecule has 4 heteroatoms. The highest BCUT2D eigenvalue weighted by atomic mass is 16.5. The lowest BCUT2D eigenvalue weighted by molar-refractivity contribution is -0.117. The Labute approximate surface area is 155 Å². The summed E-state index contributed by atoms with van der Waals surface area (Å²) in [5.74, 6) is 1.55. The molecule has 4 nitrogen and oxygen atoms in total. The minimum atomic E-state index is 0.204. The van der Waals surface area contributed by atoms with Crippen molar-refractivity contribution in [2.45, 2.75) is 20.0 Å². The van der Waals surface area contributed by atoms with E-state index in [4.69, 9.17) is 9.47 Å². The third-order valence-corrected chi connectivity index (χ3v) is 4.54. The number of likely N-dealkylation sites (tertiary alicyclic amines) is 1. The molecule has 0 N–H and O–H groups in total. The van der Waals surface area contributed by atoms with Crippen molar-refractivity contribution in [3.05, 3.63) is 64.7 Å². The number of piperidine rings is 1. The molecule has 3 rings (SSSR count). The number of rotatable bonds is 5. The van der Waals surface area contributed by atoms with Crippen LogP contribution in [0.1, 0.15) is 23.1 Å². The molecule has 0 aromatic heterocycles. The summed E-state index contributed by atoms with van der Waals surface area (Å²) in [6.45, 7) is 3.98. The van der Waals surface area contributed by atoms with Crippen molar-refractivity contribution in [2.75, 3.05) is 27.2 Å². The van der Waals surface area contributed by atoms with Gasteiger partial charge in [0.25, 0.3) is 0 Å². The van der Waals surface area contributed by atoms with Gasteiger partial charge in [0.1, 0.15) is 6.61 Å². The summed E-state index contributed by atoms with van der Waals surface area (Å²) in [4.78, 5) is 14.4. The highest BCUT2D eigenvalue weighted by molar-refractivity contribution is 6.01. The van der Waals surface area contributed by atoms with E-state index in [9.17, 15) is 4.79 Å². The topological polar surface area (TPSA) is 38.8 Å². The summed E-state index contributed by atoms with van der Waals surface area (Å²) in [7, 11) is 3.66. The van der Waals surface area contributed by atoms with Crippen LogP contribution in [-0.4, -0.2) is 37.9 Å². The quantitative estimate of drug-likeness (QED) is 0.767. The average molecular weight is 351 g/mol.